The Morgan fingerprint density at radius 3 is 2.76 bits per heavy atom. The number of hydrogen-bond donors (Lipinski definition) is 1. The van der Waals surface area contributed by atoms with Crippen molar-refractivity contribution < 1.29 is 4.74 Å². The molecule has 1 heterocycles. The number of hydrogen-bond acceptors (Lipinski definition) is 2. The van der Waals surface area contributed by atoms with E-state index in [1.54, 1.807) is 0 Å². The normalized spacial score (nSPS) is 26.7. The maximum atomic E-state index is 6.53. The van der Waals surface area contributed by atoms with Gasteiger partial charge in [0.2, 0.25) is 0 Å². The summed E-state index contributed by atoms with van der Waals surface area (Å²) < 4.78 is 6.18. The number of halogens is 1. The Morgan fingerprint density at radius 1 is 1.24 bits per heavy atom. The van der Waals surface area contributed by atoms with Crippen molar-refractivity contribution in [1.82, 2.24) is 0 Å². The fourth-order valence-corrected chi connectivity index (χ4v) is 4.27. The van der Waals surface area contributed by atoms with Gasteiger partial charge >= 0.3 is 0 Å². The first-order valence-corrected chi connectivity index (χ1v) is 8.69. The minimum absolute atomic E-state index is 0.138. The second-order valence-corrected chi connectivity index (χ2v) is 7.21. The Hall–Kier alpha value is -0.570. The van der Waals surface area contributed by atoms with Gasteiger partial charge in [0, 0.05) is 17.7 Å². The molecule has 3 heteroatoms. The maximum absolute atomic E-state index is 6.53. The monoisotopic (exact) mass is 307 g/mol. The van der Waals surface area contributed by atoms with Crippen molar-refractivity contribution >= 4 is 11.6 Å². The summed E-state index contributed by atoms with van der Waals surface area (Å²) in [6.07, 6.45) is 9.54. The quantitative estimate of drug-likeness (QED) is 0.901. The van der Waals surface area contributed by atoms with Crippen LogP contribution < -0.4 is 5.73 Å². The molecule has 2 fully saturated rings. The van der Waals surface area contributed by atoms with Gasteiger partial charge in [-0.25, -0.2) is 0 Å². The molecule has 2 unspecified atom stereocenters. The molecular formula is C18H26ClNO. The SMILES string of the molecule is NC(Cc1ccccc1Cl)C1CCOC2(CCCCC2)C1. The van der Waals surface area contributed by atoms with Crippen LogP contribution in [0.4, 0.5) is 0 Å². The second-order valence-electron chi connectivity index (χ2n) is 6.80. The van der Waals surface area contributed by atoms with Gasteiger partial charge in [-0.15, -0.1) is 0 Å². The summed E-state index contributed by atoms with van der Waals surface area (Å²) in [4.78, 5) is 0. The van der Waals surface area contributed by atoms with Crippen LogP contribution in [-0.2, 0) is 11.2 Å². The van der Waals surface area contributed by atoms with Gasteiger partial charge < -0.3 is 10.5 Å². The van der Waals surface area contributed by atoms with Crippen LogP contribution in [0, 0.1) is 5.92 Å². The second kappa shape index (κ2) is 6.68. The topological polar surface area (TPSA) is 35.2 Å². The predicted molar refractivity (Wildman–Crippen MR) is 87.6 cm³/mol. The summed E-state index contributed by atoms with van der Waals surface area (Å²) in [7, 11) is 0. The van der Waals surface area contributed by atoms with Gasteiger partial charge in [-0.1, -0.05) is 49.1 Å². The van der Waals surface area contributed by atoms with E-state index in [4.69, 9.17) is 22.1 Å². The molecule has 2 N–H and O–H groups in total. The standard InChI is InChI=1S/C18H26ClNO/c19-16-7-3-2-6-14(16)12-17(20)15-8-11-21-18(13-15)9-4-1-5-10-18/h2-3,6-7,15,17H,1,4-5,8-13,20H2. The smallest absolute Gasteiger partial charge is 0.0685 e. The lowest BCUT2D eigenvalue weighted by Crippen LogP contribution is -2.47. The van der Waals surface area contributed by atoms with Gasteiger partial charge in [0.15, 0.2) is 0 Å². The van der Waals surface area contributed by atoms with E-state index in [0.717, 1.165) is 30.9 Å². The third kappa shape index (κ3) is 3.61. The average molecular weight is 308 g/mol. The third-order valence-electron chi connectivity index (χ3n) is 5.31. The Bertz CT molecular complexity index is 465. The molecule has 2 atom stereocenters. The van der Waals surface area contributed by atoms with Crippen molar-refractivity contribution in [1.29, 1.82) is 0 Å². The lowest BCUT2D eigenvalue weighted by Gasteiger charge is -2.45. The minimum atomic E-state index is 0.138. The molecule has 0 amide bonds. The number of ether oxygens (including phenoxy) is 1. The zero-order chi connectivity index (χ0) is 14.7. The summed E-state index contributed by atoms with van der Waals surface area (Å²) in [5, 5.41) is 0.840. The summed E-state index contributed by atoms with van der Waals surface area (Å²) >= 11 is 6.27. The average Bonchev–Trinajstić information content (AvgIpc) is 2.50. The molecule has 1 saturated carbocycles. The molecule has 116 valence electrons. The molecule has 1 aliphatic carbocycles. The molecule has 2 aliphatic rings. The Morgan fingerprint density at radius 2 is 2.00 bits per heavy atom. The predicted octanol–water partition coefficient (Wildman–Crippen LogP) is 4.34. The van der Waals surface area contributed by atoms with E-state index in [-0.39, 0.29) is 11.6 Å². The van der Waals surface area contributed by atoms with Crippen LogP contribution in [0.15, 0.2) is 24.3 Å². The number of benzene rings is 1. The van der Waals surface area contributed by atoms with E-state index in [2.05, 4.69) is 6.07 Å². The lowest BCUT2D eigenvalue weighted by atomic mass is 9.73. The molecule has 3 rings (SSSR count). The first kappa shape index (κ1) is 15.3. The molecule has 1 aromatic carbocycles. The van der Waals surface area contributed by atoms with E-state index in [0.29, 0.717) is 5.92 Å². The minimum Gasteiger partial charge on any atom is -0.375 e. The van der Waals surface area contributed by atoms with Crippen molar-refractivity contribution in [2.75, 3.05) is 6.61 Å². The Labute approximate surface area is 133 Å². The van der Waals surface area contributed by atoms with Crippen molar-refractivity contribution in [3.63, 3.8) is 0 Å². The van der Waals surface area contributed by atoms with Gasteiger partial charge in [0.05, 0.1) is 5.60 Å². The fraction of sp³-hybridized carbons (Fsp3) is 0.667. The van der Waals surface area contributed by atoms with Gasteiger partial charge in [-0.05, 0) is 49.7 Å². The van der Waals surface area contributed by atoms with Crippen LogP contribution in [0.1, 0.15) is 50.5 Å². The molecule has 1 saturated heterocycles. The molecule has 1 aromatic rings. The van der Waals surface area contributed by atoms with E-state index in [1.807, 2.05) is 18.2 Å². The molecule has 0 bridgehead atoms. The molecule has 1 spiro atoms. The van der Waals surface area contributed by atoms with E-state index in [1.165, 1.54) is 37.7 Å². The Balaban J connectivity index is 1.64. The van der Waals surface area contributed by atoms with Crippen molar-refractivity contribution in [3.8, 4) is 0 Å². The van der Waals surface area contributed by atoms with Crippen LogP contribution in [0.3, 0.4) is 0 Å². The first-order chi connectivity index (χ1) is 10.2. The number of nitrogens with two attached hydrogens (primary N) is 1. The molecule has 0 aromatic heterocycles. The molecule has 2 nitrogen and oxygen atoms in total. The van der Waals surface area contributed by atoms with Crippen LogP contribution in [0.25, 0.3) is 0 Å². The highest BCUT2D eigenvalue weighted by Gasteiger charge is 2.40. The molecule has 21 heavy (non-hydrogen) atoms. The van der Waals surface area contributed by atoms with Gasteiger partial charge in [0.25, 0.3) is 0 Å². The maximum Gasteiger partial charge on any atom is 0.0685 e. The highest BCUT2D eigenvalue weighted by atomic mass is 35.5. The lowest BCUT2D eigenvalue weighted by molar-refractivity contribution is -0.120. The summed E-state index contributed by atoms with van der Waals surface area (Å²) in [5.74, 6) is 0.563. The van der Waals surface area contributed by atoms with Gasteiger partial charge in [-0.3, -0.25) is 0 Å². The molecular weight excluding hydrogens is 282 g/mol. The number of rotatable bonds is 3. The zero-order valence-electron chi connectivity index (χ0n) is 12.7. The van der Waals surface area contributed by atoms with Crippen LogP contribution in [0.2, 0.25) is 5.02 Å². The van der Waals surface area contributed by atoms with Gasteiger partial charge in [-0.2, -0.15) is 0 Å². The highest BCUT2D eigenvalue weighted by Crippen LogP contribution is 2.41. The largest absolute Gasteiger partial charge is 0.375 e. The first-order valence-electron chi connectivity index (χ1n) is 8.31. The van der Waals surface area contributed by atoms with E-state index < -0.39 is 0 Å². The summed E-state index contributed by atoms with van der Waals surface area (Å²) in [5.41, 5.74) is 7.84. The highest BCUT2D eigenvalue weighted by molar-refractivity contribution is 6.31. The van der Waals surface area contributed by atoms with E-state index in [9.17, 15) is 0 Å². The summed E-state index contributed by atoms with van der Waals surface area (Å²) in [6, 6.07) is 8.25. The van der Waals surface area contributed by atoms with Crippen LogP contribution in [0.5, 0.6) is 0 Å². The Kier molecular flexibility index (Phi) is 4.88. The fourth-order valence-electron chi connectivity index (χ4n) is 4.06. The van der Waals surface area contributed by atoms with Crippen molar-refractivity contribution in [2.45, 2.75) is 63.0 Å². The van der Waals surface area contributed by atoms with Crippen molar-refractivity contribution in [2.24, 2.45) is 11.7 Å². The zero-order valence-corrected chi connectivity index (χ0v) is 13.4. The molecule has 0 radical (unpaired) electrons. The third-order valence-corrected chi connectivity index (χ3v) is 5.68. The van der Waals surface area contributed by atoms with E-state index >= 15 is 0 Å². The molecule has 1 aliphatic heterocycles. The van der Waals surface area contributed by atoms with Crippen LogP contribution in [-0.4, -0.2) is 18.2 Å². The van der Waals surface area contributed by atoms with Gasteiger partial charge in [0.1, 0.15) is 0 Å². The summed E-state index contributed by atoms with van der Waals surface area (Å²) in [6.45, 7) is 0.876. The van der Waals surface area contributed by atoms with Crippen LogP contribution >= 0.6 is 11.6 Å². The van der Waals surface area contributed by atoms with Crippen molar-refractivity contribution in [3.05, 3.63) is 34.9 Å².